The molecule has 0 spiro atoms. The van der Waals surface area contributed by atoms with Crippen LogP contribution in [0.1, 0.15) is 6.42 Å². The van der Waals surface area contributed by atoms with Gasteiger partial charge >= 0.3 is 0 Å². The van der Waals surface area contributed by atoms with Crippen LogP contribution in [0.3, 0.4) is 0 Å². The fourth-order valence-electron chi connectivity index (χ4n) is 1.76. The minimum atomic E-state index is -0.689. The van der Waals surface area contributed by atoms with Crippen LogP contribution in [0, 0.1) is 16.0 Å². The van der Waals surface area contributed by atoms with Gasteiger partial charge in [0.2, 0.25) is 0 Å². The summed E-state index contributed by atoms with van der Waals surface area (Å²) >= 11 is 5.84. The lowest BCUT2D eigenvalue weighted by Gasteiger charge is -2.13. The van der Waals surface area contributed by atoms with Gasteiger partial charge in [-0.05, 0) is 12.5 Å². The zero-order valence-electron chi connectivity index (χ0n) is 9.69. The molecule has 1 aliphatic rings. The van der Waals surface area contributed by atoms with Crippen molar-refractivity contribution in [1.82, 2.24) is 0 Å². The zero-order valence-corrected chi connectivity index (χ0v) is 10.4. The smallest absolute Gasteiger partial charge is 0.271 e. The molecule has 1 atom stereocenters. The summed E-state index contributed by atoms with van der Waals surface area (Å²) in [4.78, 5) is 22.2. The third-order valence-corrected chi connectivity index (χ3v) is 3.03. The van der Waals surface area contributed by atoms with Crippen molar-refractivity contribution in [1.29, 1.82) is 0 Å². The van der Waals surface area contributed by atoms with Crippen LogP contribution in [0.5, 0.6) is 0 Å². The Labute approximate surface area is 113 Å². The number of halogens is 1. The first-order chi connectivity index (χ1) is 9.04. The number of benzene rings is 1. The maximum absolute atomic E-state index is 12.0. The molecule has 1 aromatic carbocycles. The average Bonchev–Trinajstić information content (AvgIpc) is 2.67. The van der Waals surface area contributed by atoms with E-state index in [0.29, 0.717) is 0 Å². The van der Waals surface area contributed by atoms with Crippen molar-refractivity contribution < 1.29 is 14.8 Å². The summed E-state index contributed by atoms with van der Waals surface area (Å²) in [6, 6.07) is 5.55. The molecule has 1 heterocycles. The molecule has 0 aliphatic carbocycles. The number of aliphatic hydroxyl groups excluding tert-OH is 1. The second kappa shape index (κ2) is 5.33. The molecule has 1 aliphatic heterocycles. The number of hydrogen-bond donors (Lipinski definition) is 1. The molecule has 0 saturated carbocycles. The molecule has 2 rings (SSSR count). The van der Waals surface area contributed by atoms with E-state index in [-0.39, 0.29) is 29.6 Å². The van der Waals surface area contributed by atoms with Crippen LogP contribution in [0.4, 0.5) is 11.4 Å². The summed E-state index contributed by atoms with van der Waals surface area (Å²) in [5, 5.41) is 24.5. The highest BCUT2D eigenvalue weighted by Crippen LogP contribution is 2.29. The average molecular weight is 284 g/mol. The number of hydrazone groups is 1. The number of nitro groups is 1. The van der Waals surface area contributed by atoms with E-state index in [1.165, 1.54) is 24.3 Å². The number of amides is 1. The van der Waals surface area contributed by atoms with Crippen LogP contribution in [0.25, 0.3) is 0 Å². The van der Waals surface area contributed by atoms with Gasteiger partial charge in [-0.3, -0.25) is 14.9 Å². The molecular formula is C11H10ClN3O4. The van der Waals surface area contributed by atoms with Gasteiger partial charge in [0.05, 0.1) is 16.5 Å². The summed E-state index contributed by atoms with van der Waals surface area (Å²) in [6.45, 7) is -0.190. The number of carbonyl (C=O) groups excluding carboxylic acids is 1. The topological polar surface area (TPSA) is 96.0 Å². The van der Waals surface area contributed by atoms with Gasteiger partial charge in [0, 0.05) is 18.7 Å². The van der Waals surface area contributed by atoms with Crippen LogP contribution in [-0.4, -0.2) is 27.7 Å². The van der Waals surface area contributed by atoms with Crippen molar-refractivity contribution in [2.75, 3.05) is 11.6 Å². The molecule has 1 N–H and O–H groups in total. The van der Waals surface area contributed by atoms with Crippen LogP contribution in [0.15, 0.2) is 29.4 Å². The Balaban J connectivity index is 2.31. The fourth-order valence-corrected chi connectivity index (χ4v) is 2.04. The van der Waals surface area contributed by atoms with Crippen LogP contribution in [-0.2, 0) is 4.79 Å². The number of anilines is 1. The van der Waals surface area contributed by atoms with Gasteiger partial charge < -0.3 is 5.11 Å². The van der Waals surface area contributed by atoms with Crippen molar-refractivity contribution in [3.63, 3.8) is 0 Å². The summed E-state index contributed by atoms with van der Waals surface area (Å²) in [5.74, 6) is -1.09. The molecule has 0 saturated heterocycles. The standard InChI is InChI=1S/C11H10ClN3O4/c12-10-9(4-5-16)11(17)14(13-10)7-2-1-3-8(6-7)15(18)19/h1-3,6,9,16H,4-5H2. The van der Waals surface area contributed by atoms with E-state index in [4.69, 9.17) is 16.7 Å². The molecule has 1 amide bonds. The first-order valence-electron chi connectivity index (χ1n) is 5.48. The van der Waals surface area contributed by atoms with Crippen molar-refractivity contribution in [2.45, 2.75) is 6.42 Å². The zero-order chi connectivity index (χ0) is 14.0. The normalized spacial score (nSPS) is 18.6. The summed E-state index contributed by atoms with van der Waals surface area (Å²) in [6.07, 6.45) is 0.173. The van der Waals surface area contributed by atoms with Crippen molar-refractivity contribution in [2.24, 2.45) is 11.0 Å². The second-order valence-electron chi connectivity index (χ2n) is 3.91. The SMILES string of the molecule is O=C1C(CCO)C(Cl)=NN1c1cccc([N+](=O)[O-])c1. The van der Waals surface area contributed by atoms with E-state index in [9.17, 15) is 14.9 Å². The summed E-state index contributed by atoms with van der Waals surface area (Å²) in [5.41, 5.74) is 0.139. The first kappa shape index (κ1) is 13.4. The lowest BCUT2D eigenvalue weighted by molar-refractivity contribution is -0.384. The van der Waals surface area contributed by atoms with Gasteiger partial charge in [0.25, 0.3) is 11.6 Å². The van der Waals surface area contributed by atoms with Crippen LogP contribution < -0.4 is 5.01 Å². The maximum atomic E-state index is 12.0. The highest BCUT2D eigenvalue weighted by Gasteiger charge is 2.35. The molecule has 19 heavy (non-hydrogen) atoms. The highest BCUT2D eigenvalue weighted by molar-refractivity contribution is 6.68. The summed E-state index contributed by atoms with van der Waals surface area (Å²) in [7, 11) is 0. The molecule has 0 fully saturated rings. The molecule has 1 aromatic rings. The molecule has 1 unspecified atom stereocenters. The fraction of sp³-hybridized carbons (Fsp3) is 0.273. The predicted octanol–water partition coefficient (Wildman–Crippen LogP) is 1.49. The third-order valence-electron chi connectivity index (χ3n) is 2.69. The van der Waals surface area contributed by atoms with Gasteiger partial charge in [-0.2, -0.15) is 10.1 Å². The first-order valence-corrected chi connectivity index (χ1v) is 5.85. The Morgan fingerprint density at radius 1 is 1.53 bits per heavy atom. The number of nitro benzene ring substituents is 1. The molecule has 0 bridgehead atoms. The minimum Gasteiger partial charge on any atom is -0.396 e. The quantitative estimate of drug-likeness (QED) is 0.669. The number of hydrogen-bond acceptors (Lipinski definition) is 5. The predicted molar refractivity (Wildman–Crippen MR) is 69.1 cm³/mol. The van der Waals surface area contributed by atoms with Gasteiger partial charge in [-0.1, -0.05) is 17.7 Å². The largest absolute Gasteiger partial charge is 0.396 e. The van der Waals surface area contributed by atoms with Crippen molar-refractivity contribution in [3.8, 4) is 0 Å². The number of aliphatic hydroxyl groups is 1. The summed E-state index contributed by atoms with van der Waals surface area (Å²) < 4.78 is 0. The number of nitrogens with zero attached hydrogens (tertiary/aromatic N) is 3. The van der Waals surface area contributed by atoms with Gasteiger partial charge in [0.1, 0.15) is 5.17 Å². The Bertz CT molecular complexity index is 561. The Kier molecular flexibility index (Phi) is 3.77. The van der Waals surface area contributed by atoms with Crippen molar-refractivity contribution >= 4 is 34.1 Å². The number of carbonyl (C=O) groups is 1. The number of rotatable bonds is 4. The molecule has 0 aromatic heterocycles. The molecule has 7 nitrogen and oxygen atoms in total. The van der Waals surface area contributed by atoms with E-state index < -0.39 is 16.7 Å². The van der Waals surface area contributed by atoms with E-state index >= 15 is 0 Å². The lowest BCUT2D eigenvalue weighted by atomic mass is 10.1. The second-order valence-corrected chi connectivity index (χ2v) is 4.30. The maximum Gasteiger partial charge on any atom is 0.271 e. The van der Waals surface area contributed by atoms with Gasteiger partial charge in [-0.15, -0.1) is 0 Å². The monoisotopic (exact) mass is 283 g/mol. The Hall–Kier alpha value is -1.99. The Morgan fingerprint density at radius 3 is 2.89 bits per heavy atom. The lowest BCUT2D eigenvalue weighted by Crippen LogP contribution is -2.27. The van der Waals surface area contributed by atoms with Gasteiger partial charge in [-0.25, -0.2) is 0 Å². The van der Waals surface area contributed by atoms with E-state index in [1.54, 1.807) is 0 Å². The van der Waals surface area contributed by atoms with Crippen molar-refractivity contribution in [3.05, 3.63) is 34.4 Å². The van der Waals surface area contributed by atoms with E-state index in [1.807, 2.05) is 0 Å². The molecule has 0 radical (unpaired) electrons. The molecule has 100 valence electrons. The third kappa shape index (κ3) is 2.56. The molecular weight excluding hydrogens is 274 g/mol. The number of non-ortho nitro benzene ring substituents is 1. The Morgan fingerprint density at radius 2 is 2.26 bits per heavy atom. The van der Waals surface area contributed by atoms with Crippen LogP contribution in [0.2, 0.25) is 0 Å². The minimum absolute atomic E-state index is 0.0746. The molecule has 8 heteroatoms. The highest BCUT2D eigenvalue weighted by atomic mass is 35.5. The van der Waals surface area contributed by atoms with Gasteiger partial charge in [0.15, 0.2) is 0 Å². The van der Waals surface area contributed by atoms with Crippen LogP contribution >= 0.6 is 11.6 Å². The van der Waals surface area contributed by atoms with E-state index in [2.05, 4.69) is 5.10 Å². The van der Waals surface area contributed by atoms with E-state index in [0.717, 1.165) is 5.01 Å².